The molecule has 0 saturated carbocycles. The molecule has 1 aromatic carbocycles. The highest BCUT2D eigenvalue weighted by Gasteiger charge is 2.29. The number of nitrogens with zero attached hydrogens (tertiary/aromatic N) is 2. The van der Waals surface area contributed by atoms with Gasteiger partial charge < -0.3 is 19.9 Å². The van der Waals surface area contributed by atoms with Crippen LogP contribution in [0.15, 0.2) is 24.3 Å². The van der Waals surface area contributed by atoms with Gasteiger partial charge in [0.25, 0.3) is 5.91 Å². The number of aliphatic carboxylic acids is 1. The van der Waals surface area contributed by atoms with Gasteiger partial charge in [-0.2, -0.15) is 0 Å². The maximum absolute atomic E-state index is 13.0. The van der Waals surface area contributed by atoms with Crippen LogP contribution in [0.5, 0.6) is 0 Å². The Morgan fingerprint density at radius 1 is 1.18 bits per heavy atom. The summed E-state index contributed by atoms with van der Waals surface area (Å²) in [6.45, 7) is 1.26. The summed E-state index contributed by atoms with van der Waals surface area (Å²) in [7, 11) is 0. The van der Waals surface area contributed by atoms with Gasteiger partial charge in [0.2, 0.25) is 5.91 Å². The molecule has 9 nitrogen and oxygen atoms in total. The number of benzene rings is 1. The molecule has 0 aromatic heterocycles. The highest BCUT2D eigenvalue weighted by Crippen LogP contribution is 2.10. The number of piperazine rings is 1. The van der Waals surface area contributed by atoms with Crippen LogP contribution in [0.1, 0.15) is 23.2 Å². The summed E-state index contributed by atoms with van der Waals surface area (Å²) in [5, 5.41) is 11.4. The fourth-order valence-corrected chi connectivity index (χ4v) is 3.39. The molecule has 1 heterocycles. The lowest BCUT2D eigenvalue weighted by atomic mass is 10.1. The largest absolute Gasteiger partial charge is 0.771 e. The minimum Gasteiger partial charge on any atom is -0.771 e. The molecule has 28 heavy (non-hydrogen) atoms. The second-order valence-electron chi connectivity index (χ2n) is 6.34. The van der Waals surface area contributed by atoms with E-state index in [1.807, 2.05) is 0 Å². The molecule has 2 amide bonds. The van der Waals surface area contributed by atoms with Crippen molar-refractivity contribution in [2.45, 2.75) is 18.9 Å². The fourth-order valence-electron chi connectivity index (χ4n) is 2.83. The number of carbonyl (C=O) groups excluding carboxylic acids is 2. The van der Waals surface area contributed by atoms with E-state index in [2.05, 4.69) is 5.32 Å². The van der Waals surface area contributed by atoms with Crippen molar-refractivity contribution in [2.24, 2.45) is 0 Å². The van der Waals surface area contributed by atoms with Gasteiger partial charge in [-0.05, 0) is 41.8 Å². The van der Waals surface area contributed by atoms with Crippen LogP contribution in [0.25, 0.3) is 0 Å². The molecule has 2 rings (SSSR count). The maximum atomic E-state index is 13.0. The van der Waals surface area contributed by atoms with Gasteiger partial charge in [-0.25, -0.2) is 4.39 Å². The third kappa shape index (κ3) is 6.66. The lowest BCUT2D eigenvalue weighted by Gasteiger charge is -2.36. The summed E-state index contributed by atoms with van der Waals surface area (Å²) in [6.07, 6.45) is -0.402. The predicted octanol–water partition coefficient (Wildman–Crippen LogP) is -0.230. The van der Waals surface area contributed by atoms with Crippen LogP contribution < -0.4 is 5.32 Å². The van der Waals surface area contributed by atoms with Gasteiger partial charge in [0.05, 0.1) is 5.88 Å². The summed E-state index contributed by atoms with van der Waals surface area (Å²) in [4.78, 5) is 39.2. The highest BCUT2D eigenvalue weighted by molar-refractivity contribution is 7.79. The molecule has 2 atom stereocenters. The number of hydrogen-bond acceptors (Lipinski definition) is 6. The molecule has 0 spiro atoms. The molecule has 154 valence electrons. The van der Waals surface area contributed by atoms with E-state index in [-0.39, 0.29) is 37.4 Å². The number of carboxylic acid groups (broad SMARTS) is 1. The number of rotatable bonds is 8. The van der Waals surface area contributed by atoms with Crippen LogP contribution in [-0.2, 0) is 20.7 Å². The zero-order valence-corrected chi connectivity index (χ0v) is 15.8. The molecule has 1 aliphatic heterocycles. The molecule has 1 saturated heterocycles. The van der Waals surface area contributed by atoms with Crippen molar-refractivity contribution in [3.63, 3.8) is 0 Å². The summed E-state index contributed by atoms with van der Waals surface area (Å²) >= 11 is -2.21. The third-order valence-corrected chi connectivity index (χ3v) is 4.90. The molecule has 1 fully saturated rings. The second-order valence-corrected chi connectivity index (χ2v) is 7.21. The summed E-state index contributed by atoms with van der Waals surface area (Å²) in [6, 6.07) is 3.72. The Hall–Kier alpha value is -2.37. The van der Waals surface area contributed by atoms with Crippen molar-refractivity contribution in [1.29, 1.82) is 0 Å². The molecular weight excluding hydrogens is 393 g/mol. The zero-order valence-electron chi connectivity index (χ0n) is 15.0. The predicted molar refractivity (Wildman–Crippen MR) is 96.5 cm³/mol. The number of hydrogen-bond donors (Lipinski definition) is 2. The summed E-state index contributed by atoms with van der Waals surface area (Å²) < 4.78 is 34.5. The lowest BCUT2D eigenvalue weighted by Crippen LogP contribution is -2.55. The van der Waals surface area contributed by atoms with E-state index >= 15 is 0 Å². The van der Waals surface area contributed by atoms with Gasteiger partial charge >= 0.3 is 5.97 Å². The van der Waals surface area contributed by atoms with Gasteiger partial charge in [0.15, 0.2) is 0 Å². The first kappa shape index (κ1) is 21.9. The zero-order chi connectivity index (χ0) is 20.7. The smallest absolute Gasteiger partial charge is 0.303 e. The van der Waals surface area contributed by atoms with Crippen LogP contribution in [-0.4, -0.2) is 79.5 Å². The monoisotopic (exact) mass is 414 g/mol. The van der Waals surface area contributed by atoms with Crippen molar-refractivity contribution in [2.75, 3.05) is 32.1 Å². The van der Waals surface area contributed by atoms with Gasteiger partial charge in [-0.15, -0.1) is 0 Å². The van der Waals surface area contributed by atoms with E-state index in [4.69, 9.17) is 5.11 Å². The van der Waals surface area contributed by atoms with Gasteiger partial charge in [-0.3, -0.25) is 23.5 Å². The van der Waals surface area contributed by atoms with Gasteiger partial charge in [0.1, 0.15) is 11.9 Å². The first-order valence-electron chi connectivity index (χ1n) is 8.61. The maximum Gasteiger partial charge on any atom is 0.303 e. The molecule has 1 aliphatic rings. The normalized spacial score (nSPS) is 17.0. The Morgan fingerprint density at radius 3 is 2.32 bits per heavy atom. The van der Waals surface area contributed by atoms with Crippen LogP contribution in [0, 0.1) is 5.82 Å². The van der Waals surface area contributed by atoms with E-state index in [1.54, 1.807) is 4.90 Å². The van der Waals surface area contributed by atoms with Crippen molar-refractivity contribution < 1.29 is 32.6 Å². The van der Waals surface area contributed by atoms with Crippen molar-refractivity contribution in [3.8, 4) is 0 Å². The minimum absolute atomic E-state index is 0.0914. The number of nitrogens with one attached hydrogen (secondary N) is 1. The van der Waals surface area contributed by atoms with Gasteiger partial charge in [0, 0.05) is 38.2 Å². The molecule has 0 aliphatic carbocycles. The molecule has 0 radical (unpaired) electrons. The van der Waals surface area contributed by atoms with Crippen molar-refractivity contribution >= 4 is 28.9 Å². The number of amides is 2. The quantitative estimate of drug-likeness (QED) is 0.562. The van der Waals surface area contributed by atoms with Crippen LogP contribution in [0.4, 0.5) is 4.39 Å². The first-order chi connectivity index (χ1) is 13.3. The standard InChI is InChI=1S/C17H22FN3O6S/c18-13-3-1-12(2-4-13)16(24)19-14(5-6-15(22)23)17(25)21-9-7-20(8-10-21)11-28(26)27/h1-4,14H,5-11H2,(H,19,24)(H,22,23)(H,26,27)/p-1/t14-/m0/s1. The Kier molecular flexibility index (Phi) is 8.03. The Bertz CT molecular complexity index is 737. The molecule has 2 N–H and O–H groups in total. The molecule has 1 aromatic rings. The van der Waals surface area contributed by atoms with E-state index in [0.717, 1.165) is 12.1 Å². The fraction of sp³-hybridized carbons (Fsp3) is 0.471. The molecule has 11 heteroatoms. The molecule has 0 bridgehead atoms. The van der Waals surface area contributed by atoms with Crippen LogP contribution in [0.2, 0.25) is 0 Å². The average Bonchev–Trinajstić information content (AvgIpc) is 2.65. The first-order valence-corrected chi connectivity index (χ1v) is 9.86. The van der Waals surface area contributed by atoms with Crippen LogP contribution >= 0.6 is 0 Å². The Morgan fingerprint density at radius 2 is 1.79 bits per heavy atom. The Labute approximate surface area is 163 Å². The number of carboxylic acids is 1. The summed E-state index contributed by atoms with van der Waals surface area (Å²) in [5.41, 5.74) is 0.150. The number of carbonyl (C=O) groups is 3. The van der Waals surface area contributed by atoms with E-state index < -0.39 is 40.7 Å². The Balaban J connectivity index is 2.02. The SMILES string of the molecule is O=C(O)CC[C@H](NC(=O)c1ccc(F)cc1)C(=O)N1CCN(CS(=O)[O-])CC1. The molecule has 1 unspecified atom stereocenters. The topological polar surface area (TPSA) is 130 Å². The average molecular weight is 414 g/mol. The van der Waals surface area contributed by atoms with Crippen molar-refractivity contribution in [3.05, 3.63) is 35.6 Å². The van der Waals surface area contributed by atoms with E-state index in [1.165, 1.54) is 17.0 Å². The van der Waals surface area contributed by atoms with Crippen LogP contribution in [0.3, 0.4) is 0 Å². The highest BCUT2D eigenvalue weighted by atomic mass is 32.2. The third-order valence-electron chi connectivity index (χ3n) is 4.33. The minimum atomic E-state index is -2.21. The molecular formula is C17H21FN3O6S-. The number of halogens is 1. The second kappa shape index (κ2) is 10.2. The van der Waals surface area contributed by atoms with Gasteiger partial charge in [-0.1, -0.05) is 0 Å². The summed E-state index contributed by atoms with van der Waals surface area (Å²) in [5.74, 6) is -2.77. The van der Waals surface area contributed by atoms with E-state index in [0.29, 0.717) is 13.1 Å². The van der Waals surface area contributed by atoms with Crippen molar-refractivity contribution in [1.82, 2.24) is 15.1 Å². The van der Waals surface area contributed by atoms with E-state index in [9.17, 15) is 27.5 Å². The lowest BCUT2D eigenvalue weighted by molar-refractivity contribution is -0.138.